The molecule has 0 bridgehead atoms. The summed E-state index contributed by atoms with van der Waals surface area (Å²) in [5, 5.41) is 2.38. The number of nitrogen functional groups attached to an aromatic ring is 1. The van der Waals surface area contributed by atoms with Gasteiger partial charge in [-0.3, -0.25) is 0 Å². The lowest BCUT2D eigenvalue weighted by molar-refractivity contribution is 0.0529. The minimum Gasteiger partial charge on any atom is -0.444 e. The highest BCUT2D eigenvalue weighted by molar-refractivity contribution is 9.10. The molecule has 0 radical (unpaired) electrons. The molecule has 4 N–H and O–H groups in total. The van der Waals surface area contributed by atoms with E-state index in [1.807, 2.05) is 0 Å². The molecule has 10 heteroatoms. The maximum Gasteiger partial charge on any atom is 0.407 e. The van der Waals surface area contributed by atoms with Crippen LogP contribution in [0.15, 0.2) is 21.5 Å². The molecule has 0 aliphatic heterocycles. The fourth-order valence-corrected chi connectivity index (χ4v) is 2.93. The molecule has 0 atom stereocenters. The summed E-state index contributed by atoms with van der Waals surface area (Å²) in [4.78, 5) is 10.8. The Hall–Kier alpha value is -1.39. The summed E-state index contributed by atoms with van der Waals surface area (Å²) in [6, 6.07) is 1.99. The minimum atomic E-state index is -4.08. The second-order valence-electron chi connectivity index (χ2n) is 5.63. The molecule has 0 aromatic heterocycles. The van der Waals surface area contributed by atoms with E-state index in [2.05, 4.69) is 26.0 Å². The minimum absolute atomic E-state index is 0.0121. The molecule has 1 rings (SSSR count). The molecule has 1 aromatic carbocycles. The first kappa shape index (κ1) is 19.7. The van der Waals surface area contributed by atoms with Crippen LogP contribution in [0.5, 0.6) is 0 Å². The Bertz CT molecular complexity index is 689. The molecule has 130 valence electrons. The van der Waals surface area contributed by atoms with E-state index in [9.17, 15) is 17.6 Å². The predicted octanol–water partition coefficient (Wildman–Crippen LogP) is 1.97. The van der Waals surface area contributed by atoms with Crippen LogP contribution in [0.3, 0.4) is 0 Å². The number of carbonyl (C=O) groups is 1. The SMILES string of the molecule is CC(C)(C)OC(=O)NCCNS(=O)(=O)c1cc(N)c(Br)cc1F. The van der Waals surface area contributed by atoms with E-state index < -0.39 is 32.4 Å². The van der Waals surface area contributed by atoms with Gasteiger partial charge in [0, 0.05) is 23.2 Å². The van der Waals surface area contributed by atoms with Crippen LogP contribution in [0.25, 0.3) is 0 Å². The predicted molar refractivity (Wildman–Crippen MR) is 87.9 cm³/mol. The van der Waals surface area contributed by atoms with Crippen LogP contribution < -0.4 is 15.8 Å². The fourth-order valence-electron chi connectivity index (χ4n) is 1.49. The maximum atomic E-state index is 13.8. The molecule has 23 heavy (non-hydrogen) atoms. The van der Waals surface area contributed by atoms with Crippen LogP contribution in [0.4, 0.5) is 14.9 Å². The van der Waals surface area contributed by atoms with Crippen molar-refractivity contribution >= 4 is 37.7 Å². The Morgan fingerprint density at radius 3 is 2.52 bits per heavy atom. The summed E-state index contributed by atoms with van der Waals surface area (Å²) >= 11 is 3.01. The third kappa shape index (κ3) is 6.32. The quantitative estimate of drug-likeness (QED) is 0.506. The Morgan fingerprint density at radius 1 is 1.35 bits per heavy atom. The molecule has 0 aliphatic rings. The lowest BCUT2D eigenvalue weighted by atomic mass is 10.2. The average Bonchev–Trinajstić information content (AvgIpc) is 2.37. The van der Waals surface area contributed by atoms with Gasteiger partial charge in [-0.2, -0.15) is 0 Å². The van der Waals surface area contributed by atoms with Gasteiger partial charge in [-0.15, -0.1) is 0 Å². The van der Waals surface area contributed by atoms with Crippen molar-refractivity contribution in [2.24, 2.45) is 0 Å². The number of nitrogens with two attached hydrogens (primary N) is 1. The molecule has 0 aliphatic carbocycles. The molecular formula is C13H19BrFN3O4S. The summed E-state index contributed by atoms with van der Waals surface area (Å²) in [5.41, 5.74) is 5.01. The van der Waals surface area contributed by atoms with Gasteiger partial charge in [0.2, 0.25) is 10.0 Å². The highest BCUT2D eigenvalue weighted by Crippen LogP contribution is 2.25. The van der Waals surface area contributed by atoms with Crippen molar-refractivity contribution in [2.75, 3.05) is 18.8 Å². The number of hydrogen-bond acceptors (Lipinski definition) is 5. The van der Waals surface area contributed by atoms with Crippen molar-refractivity contribution in [3.8, 4) is 0 Å². The van der Waals surface area contributed by atoms with Crippen LogP contribution in [0.2, 0.25) is 0 Å². The lowest BCUT2D eigenvalue weighted by Gasteiger charge is -2.19. The third-order valence-electron chi connectivity index (χ3n) is 2.43. The number of hydrogen-bond donors (Lipinski definition) is 3. The van der Waals surface area contributed by atoms with Gasteiger partial charge in [-0.05, 0) is 48.8 Å². The molecule has 0 saturated carbocycles. The molecule has 0 unspecified atom stereocenters. The van der Waals surface area contributed by atoms with Gasteiger partial charge in [0.1, 0.15) is 16.3 Å². The zero-order valence-corrected chi connectivity index (χ0v) is 15.3. The Kier molecular flexibility index (Phi) is 6.37. The number of carbonyl (C=O) groups excluding carboxylic acids is 1. The van der Waals surface area contributed by atoms with Gasteiger partial charge in [0.05, 0.1) is 0 Å². The monoisotopic (exact) mass is 411 g/mol. The highest BCUT2D eigenvalue weighted by atomic mass is 79.9. The summed E-state index contributed by atoms with van der Waals surface area (Å²) in [6.45, 7) is 4.97. The lowest BCUT2D eigenvalue weighted by Crippen LogP contribution is -2.38. The molecule has 0 saturated heterocycles. The number of amides is 1. The number of ether oxygens (including phenoxy) is 1. The molecule has 0 fully saturated rings. The summed E-state index contributed by atoms with van der Waals surface area (Å²) in [5.74, 6) is -0.932. The first-order valence-electron chi connectivity index (χ1n) is 6.63. The average molecular weight is 412 g/mol. The van der Waals surface area contributed by atoms with Crippen LogP contribution in [0.1, 0.15) is 20.8 Å². The molecule has 1 aromatic rings. The number of halogens is 2. The van der Waals surface area contributed by atoms with Crippen LogP contribution in [-0.4, -0.2) is 33.2 Å². The Labute approximate surface area is 142 Å². The number of anilines is 1. The van der Waals surface area contributed by atoms with Crippen molar-refractivity contribution < 1.29 is 22.3 Å². The first-order valence-corrected chi connectivity index (χ1v) is 8.91. The van der Waals surface area contributed by atoms with E-state index in [-0.39, 0.29) is 23.2 Å². The normalized spacial score (nSPS) is 12.0. The first-order chi connectivity index (χ1) is 10.4. The van der Waals surface area contributed by atoms with Crippen molar-refractivity contribution in [3.05, 3.63) is 22.4 Å². The number of alkyl carbamates (subject to hydrolysis) is 1. The smallest absolute Gasteiger partial charge is 0.407 e. The van der Waals surface area contributed by atoms with Gasteiger partial charge in [-0.25, -0.2) is 22.3 Å². The Balaban J connectivity index is 2.61. The van der Waals surface area contributed by atoms with E-state index in [0.717, 1.165) is 12.1 Å². The van der Waals surface area contributed by atoms with E-state index in [4.69, 9.17) is 10.5 Å². The van der Waals surface area contributed by atoms with Gasteiger partial charge >= 0.3 is 6.09 Å². The number of rotatable bonds is 5. The topological polar surface area (TPSA) is 111 Å². The van der Waals surface area contributed by atoms with Crippen molar-refractivity contribution in [1.82, 2.24) is 10.0 Å². The summed E-state index contributed by atoms with van der Waals surface area (Å²) < 4.78 is 45.2. The zero-order valence-electron chi connectivity index (χ0n) is 12.9. The van der Waals surface area contributed by atoms with Gasteiger partial charge in [0.25, 0.3) is 0 Å². The molecule has 0 heterocycles. The second kappa shape index (κ2) is 7.45. The molecular weight excluding hydrogens is 393 g/mol. The largest absolute Gasteiger partial charge is 0.444 e. The zero-order chi connectivity index (χ0) is 17.8. The summed E-state index contributed by atoms with van der Waals surface area (Å²) in [7, 11) is -4.08. The molecule has 1 amide bonds. The summed E-state index contributed by atoms with van der Waals surface area (Å²) in [6.07, 6.45) is -0.671. The van der Waals surface area contributed by atoms with E-state index in [1.165, 1.54) is 0 Å². The van der Waals surface area contributed by atoms with Gasteiger partial charge in [0.15, 0.2) is 0 Å². The third-order valence-corrected chi connectivity index (χ3v) is 4.59. The van der Waals surface area contributed by atoms with Crippen LogP contribution in [-0.2, 0) is 14.8 Å². The van der Waals surface area contributed by atoms with E-state index in [1.54, 1.807) is 20.8 Å². The Morgan fingerprint density at radius 2 is 1.96 bits per heavy atom. The van der Waals surface area contributed by atoms with Crippen LogP contribution in [0, 0.1) is 5.82 Å². The van der Waals surface area contributed by atoms with Crippen LogP contribution >= 0.6 is 15.9 Å². The number of benzene rings is 1. The van der Waals surface area contributed by atoms with E-state index in [0.29, 0.717) is 0 Å². The van der Waals surface area contributed by atoms with Gasteiger partial charge in [-0.1, -0.05) is 0 Å². The highest BCUT2D eigenvalue weighted by Gasteiger charge is 2.21. The van der Waals surface area contributed by atoms with Crippen molar-refractivity contribution in [3.63, 3.8) is 0 Å². The second-order valence-corrected chi connectivity index (χ2v) is 8.22. The maximum absolute atomic E-state index is 13.8. The van der Waals surface area contributed by atoms with E-state index >= 15 is 0 Å². The number of nitrogens with one attached hydrogen (secondary N) is 2. The van der Waals surface area contributed by atoms with Gasteiger partial charge < -0.3 is 15.8 Å². The molecule has 7 nitrogen and oxygen atoms in total. The fraction of sp³-hybridized carbons (Fsp3) is 0.462. The van der Waals surface area contributed by atoms with Crippen molar-refractivity contribution in [2.45, 2.75) is 31.3 Å². The number of sulfonamides is 1. The molecule has 0 spiro atoms. The van der Waals surface area contributed by atoms with Crippen molar-refractivity contribution in [1.29, 1.82) is 0 Å². The standard InChI is InChI=1S/C13H19BrFN3O4S/c1-13(2,3)22-12(19)17-4-5-18-23(20,21)11-7-10(16)8(14)6-9(11)15/h6-7,18H,4-5,16H2,1-3H3,(H,17,19).